The maximum absolute atomic E-state index is 11.5. The second-order valence-corrected chi connectivity index (χ2v) is 4.93. The molecular formula is C16H16N4O. The lowest BCUT2D eigenvalue weighted by molar-refractivity contribution is -0.120. The van der Waals surface area contributed by atoms with Gasteiger partial charge in [-0.3, -0.25) is 4.79 Å². The molecule has 3 aromatic rings. The highest BCUT2D eigenvalue weighted by molar-refractivity contribution is 5.75. The molecule has 0 aliphatic heterocycles. The molecule has 0 aliphatic carbocycles. The van der Waals surface area contributed by atoms with Crippen LogP contribution in [0.4, 0.5) is 0 Å². The summed E-state index contributed by atoms with van der Waals surface area (Å²) >= 11 is 0. The molecule has 1 heterocycles. The van der Waals surface area contributed by atoms with E-state index in [2.05, 4.69) is 15.6 Å². The third-order valence-corrected chi connectivity index (χ3v) is 3.31. The zero-order chi connectivity index (χ0) is 14.7. The van der Waals surface area contributed by atoms with E-state index < -0.39 is 0 Å². The molecule has 1 unspecified atom stereocenters. The lowest BCUT2D eigenvalue weighted by atomic mass is 10.1. The molecule has 1 atom stereocenters. The van der Waals surface area contributed by atoms with E-state index in [0.717, 1.165) is 16.6 Å². The molecule has 0 fully saturated rings. The molecule has 5 nitrogen and oxygen atoms in total. The number of carbonyl (C=O) groups is 1. The first-order chi connectivity index (χ1) is 10.2. The summed E-state index contributed by atoms with van der Waals surface area (Å²) in [5, 5.41) is 11.3. The number of hydrogen-bond acceptors (Lipinski definition) is 3. The summed E-state index contributed by atoms with van der Waals surface area (Å²) in [7, 11) is 0. The van der Waals surface area contributed by atoms with Gasteiger partial charge in [-0.05, 0) is 17.7 Å². The maximum Gasteiger partial charge on any atom is 0.218 e. The first-order valence-corrected chi connectivity index (χ1v) is 6.85. The fourth-order valence-corrected chi connectivity index (χ4v) is 2.39. The number of rotatable bonds is 4. The second kappa shape index (κ2) is 5.75. The minimum atomic E-state index is -0.252. The van der Waals surface area contributed by atoms with Crippen LogP contribution < -0.4 is 5.32 Å². The Hall–Kier alpha value is -2.69. The Bertz CT molecular complexity index is 751. The van der Waals surface area contributed by atoms with Crippen LogP contribution in [-0.4, -0.2) is 20.9 Å². The van der Waals surface area contributed by atoms with Crippen molar-refractivity contribution in [1.29, 1.82) is 0 Å². The lowest BCUT2D eigenvalue weighted by Crippen LogP contribution is -2.32. The van der Waals surface area contributed by atoms with E-state index in [9.17, 15) is 4.79 Å². The van der Waals surface area contributed by atoms with Gasteiger partial charge in [-0.15, -0.1) is 5.10 Å². The molecule has 106 valence electrons. The fraction of sp³-hybridized carbons (Fsp3) is 0.188. The van der Waals surface area contributed by atoms with Crippen LogP contribution in [-0.2, 0) is 11.2 Å². The zero-order valence-corrected chi connectivity index (χ0v) is 11.7. The van der Waals surface area contributed by atoms with Gasteiger partial charge in [0.05, 0.1) is 5.52 Å². The molecular weight excluding hydrogens is 264 g/mol. The summed E-state index contributed by atoms with van der Waals surface area (Å²) in [4.78, 5) is 11.5. The maximum atomic E-state index is 11.5. The van der Waals surface area contributed by atoms with E-state index >= 15 is 0 Å². The monoisotopic (exact) mass is 280 g/mol. The van der Waals surface area contributed by atoms with E-state index in [1.165, 1.54) is 6.92 Å². The molecule has 0 aliphatic rings. The average molecular weight is 280 g/mol. The normalized spacial score (nSPS) is 12.2. The van der Waals surface area contributed by atoms with Gasteiger partial charge in [-0.1, -0.05) is 47.7 Å². The Kier molecular flexibility index (Phi) is 3.64. The van der Waals surface area contributed by atoms with Gasteiger partial charge in [0.1, 0.15) is 11.7 Å². The van der Waals surface area contributed by atoms with E-state index in [4.69, 9.17) is 0 Å². The van der Waals surface area contributed by atoms with Crippen molar-refractivity contribution in [3.8, 4) is 0 Å². The number of nitrogens with one attached hydrogen (secondary N) is 1. The van der Waals surface area contributed by atoms with Gasteiger partial charge in [0.25, 0.3) is 0 Å². The van der Waals surface area contributed by atoms with E-state index in [-0.39, 0.29) is 12.1 Å². The van der Waals surface area contributed by atoms with Crippen LogP contribution >= 0.6 is 0 Å². The topological polar surface area (TPSA) is 59.8 Å². The number of benzene rings is 2. The van der Waals surface area contributed by atoms with Crippen molar-refractivity contribution in [2.24, 2.45) is 0 Å². The number of para-hydroxylation sites is 1. The highest BCUT2D eigenvalue weighted by Crippen LogP contribution is 2.17. The van der Waals surface area contributed by atoms with Crippen molar-refractivity contribution in [3.05, 3.63) is 60.2 Å². The summed E-state index contributed by atoms with van der Waals surface area (Å²) in [6.07, 6.45) is 0.408. The van der Waals surface area contributed by atoms with Crippen molar-refractivity contribution in [3.63, 3.8) is 0 Å². The standard InChI is InChI=1S/C16H16N4O/c1-12(21)17-16(11-13-7-3-2-4-8-13)20-15-10-6-5-9-14(15)18-19-20/h2-10,16H,11H2,1H3,(H,17,21). The van der Waals surface area contributed by atoms with Gasteiger partial charge in [-0.25, -0.2) is 4.68 Å². The lowest BCUT2D eigenvalue weighted by Gasteiger charge is -2.18. The van der Waals surface area contributed by atoms with Gasteiger partial charge >= 0.3 is 0 Å². The molecule has 5 heteroatoms. The molecule has 1 amide bonds. The first-order valence-electron chi connectivity index (χ1n) is 6.85. The van der Waals surface area contributed by atoms with Crippen molar-refractivity contribution in [2.45, 2.75) is 19.5 Å². The summed E-state index contributed by atoms with van der Waals surface area (Å²) in [6.45, 7) is 1.51. The number of aromatic nitrogens is 3. The highest BCUT2D eigenvalue weighted by atomic mass is 16.1. The number of amides is 1. The minimum absolute atomic E-state index is 0.0875. The zero-order valence-electron chi connectivity index (χ0n) is 11.7. The molecule has 0 spiro atoms. The van der Waals surface area contributed by atoms with Gasteiger partial charge in [0.15, 0.2) is 0 Å². The Balaban J connectivity index is 1.97. The Morgan fingerprint density at radius 1 is 1.14 bits per heavy atom. The van der Waals surface area contributed by atoms with Crippen molar-refractivity contribution < 1.29 is 4.79 Å². The highest BCUT2D eigenvalue weighted by Gasteiger charge is 2.17. The van der Waals surface area contributed by atoms with Crippen molar-refractivity contribution >= 4 is 16.9 Å². The van der Waals surface area contributed by atoms with E-state index in [0.29, 0.717) is 6.42 Å². The third-order valence-electron chi connectivity index (χ3n) is 3.31. The van der Waals surface area contributed by atoms with E-state index in [1.807, 2.05) is 54.6 Å². The predicted octanol–water partition coefficient (Wildman–Crippen LogP) is 2.31. The van der Waals surface area contributed by atoms with Crippen LogP contribution in [0.15, 0.2) is 54.6 Å². The van der Waals surface area contributed by atoms with Crippen LogP contribution in [0.2, 0.25) is 0 Å². The number of fused-ring (bicyclic) bond motifs is 1. The van der Waals surface area contributed by atoms with Crippen LogP contribution in [0.1, 0.15) is 18.7 Å². The molecule has 1 N–H and O–H groups in total. The SMILES string of the molecule is CC(=O)NC(Cc1ccccc1)n1nnc2ccccc21. The molecule has 1 aromatic heterocycles. The summed E-state index contributed by atoms with van der Waals surface area (Å²) in [5.74, 6) is -0.0875. The molecule has 3 rings (SSSR count). The fourth-order valence-electron chi connectivity index (χ4n) is 2.39. The Labute approximate surface area is 122 Å². The van der Waals surface area contributed by atoms with Gasteiger partial charge in [0, 0.05) is 13.3 Å². The van der Waals surface area contributed by atoms with Gasteiger partial charge in [-0.2, -0.15) is 0 Å². The third kappa shape index (κ3) is 2.91. The Morgan fingerprint density at radius 2 is 1.86 bits per heavy atom. The predicted molar refractivity (Wildman–Crippen MR) is 80.5 cm³/mol. The van der Waals surface area contributed by atoms with Crippen molar-refractivity contribution in [1.82, 2.24) is 20.3 Å². The summed E-state index contributed by atoms with van der Waals surface area (Å²) < 4.78 is 1.77. The molecule has 0 saturated carbocycles. The van der Waals surface area contributed by atoms with Gasteiger partial charge < -0.3 is 5.32 Å². The summed E-state index contributed by atoms with van der Waals surface area (Å²) in [5.41, 5.74) is 2.86. The average Bonchev–Trinajstić information content (AvgIpc) is 2.91. The first kappa shape index (κ1) is 13.3. The van der Waals surface area contributed by atoms with Crippen LogP contribution in [0.3, 0.4) is 0 Å². The number of hydrogen-bond donors (Lipinski definition) is 1. The van der Waals surface area contributed by atoms with Crippen molar-refractivity contribution in [2.75, 3.05) is 0 Å². The summed E-state index contributed by atoms with van der Waals surface area (Å²) in [6, 6.07) is 17.7. The quantitative estimate of drug-likeness (QED) is 0.797. The minimum Gasteiger partial charge on any atom is -0.334 e. The molecule has 21 heavy (non-hydrogen) atoms. The Morgan fingerprint density at radius 3 is 2.62 bits per heavy atom. The molecule has 0 saturated heterocycles. The number of carbonyl (C=O) groups excluding carboxylic acids is 1. The second-order valence-electron chi connectivity index (χ2n) is 4.93. The molecule has 2 aromatic carbocycles. The van der Waals surface area contributed by atoms with Gasteiger partial charge in [0.2, 0.25) is 5.91 Å². The van der Waals surface area contributed by atoms with Crippen LogP contribution in [0.25, 0.3) is 11.0 Å². The largest absolute Gasteiger partial charge is 0.334 e. The number of nitrogens with zero attached hydrogens (tertiary/aromatic N) is 3. The van der Waals surface area contributed by atoms with Crippen LogP contribution in [0, 0.1) is 0 Å². The molecule has 0 bridgehead atoms. The smallest absolute Gasteiger partial charge is 0.218 e. The van der Waals surface area contributed by atoms with E-state index in [1.54, 1.807) is 4.68 Å². The molecule has 0 radical (unpaired) electrons. The van der Waals surface area contributed by atoms with Crippen LogP contribution in [0.5, 0.6) is 0 Å².